The third kappa shape index (κ3) is 5.25. The predicted octanol–water partition coefficient (Wildman–Crippen LogP) is 7.52. The number of hydrogen-bond donors (Lipinski definition) is 1. The highest BCUT2D eigenvalue weighted by Gasteiger charge is 2.40. The molecular formula is C31H35FO4. The molecule has 0 saturated heterocycles. The molecule has 0 aromatic heterocycles. The molecule has 190 valence electrons. The lowest BCUT2D eigenvalue weighted by Gasteiger charge is -2.26. The molecule has 0 unspecified atom stereocenters. The van der Waals surface area contributed by atoms with Gasteiger partial charge >= 0.3 is 5.97 Å². The highest BCUT2D eigenvalue weighted by atomic mass is 19.1. The maximum absolute atomic E-state index is 14.8. The van der Waals surface area contributed by atoms with Crippen molar-refractivity contribution in [2.45, 2.75) is 65.4 Å². The first kappa shape index (κ1) is 25.7. The van der Waals surface area contributed by atoms with Crippen molar-refractivity contribution >= 4 is 5.97 Å². The van der Waals surface area contributed by atoms with Gasteiger partial charge in [-0.25, -0.2) is 4.39 Å². The van der Waals surface area contributed by atoms with Gasteiger partial charge in [-0.2, -0.15) is 0 Å². The summed E-state index contributed by atoms with van der Waals surface area (Å²) in [4.78, 5) is 11.5. The van der Waals surface area contributed by atoms with E-state index in [1.54, 1.807) is 19.2 Å². The molecular weight excluding hydrogens is 455 g/mol. The minimum Gasteiger partial charge on any atom is -0.497 e. The SMILES string of the molecule is COc1ccc(F)c(-c2ccc(COc3ccc4c(c3)[C@H](CC(=O)O)C(C)(C)C4)cc2C(C)(C)C)c1. The number of halogens is 1. The first-order valence-electron chi connectivity index (χ1n) is 12.3. The van der Waals surface area contributed by atoms with Crippen molar-refractivity contribution in [2.75, 3.05) is 7.11 Å². The molecule has 0 spiro atoms. The first-order valence-corrected chi connectivity index (χ1v) is 12.3. The second-order valence-electron chi connectivity index (χ2n) is 11.4. The van der Waals surface area contributed by atoms with Crippen LogP contribution in [-0.2, 0) is 23.2 Å². The van der Waals surface area contributed by atoms with Crippen LogP contribution in [0.3, 0.4) is 0 Å². The Kier molecular flexibility index (Phi) is 6.87. The molecule has 0 fully saturated rings. The third-order valence-electron chi connectivity index (χ3n) is 7.22. The molecule has 0 radical (unpaired) electrons. The van der Waals surface area contributed by atoms with Crippen molar-refractivity contribution in [1.82, 2.24) is 0 Å². The number of benzene rings is 3. The number of carbonyl (C=O) groups is 1. The van der Waals surface area contributed by atoms with Gasteiger partial charge in [-0.15, -0.1) is 0 Å². The number of aliphatic carboxylic acids is 1. The summed E-state index contributed by atoms with van der Waals surface area (Å²) >= 11 is 0. The number of fused-ring (bicyclic) bond motifs is 1. The van der Waals surface area contributed by atoms with Gasteiger partial charge in [0, 0.05) is 11.5 Å². The summed E-state index contributed by atoms with van der Waals surface area (Å²) in [5.74, 6) is 0.219. The lowest BCUT2D eigenvalue weighted by molar-refractivity contribution is -0.138. The van der Waals surface area contributed by atoms with Gasteiger partial charge in [0.2, 0.25) is 0 Å². The van der Waals surface area contributed by atoms with E-state index >= 15 is 0 Å². The fraction of sp³-hybridized carbons (Fsp3) is 0.387. The van der Waals surface area contributed by atoms with Crippen LogP contribution in [0.25, 0.3) is 11.1 Å². The molecule has 1 atom stereocenters. The molecule has 36 heavy (non-hydrogen) atoms. The lowest BCUT2D eigenvalue weighted by Crippen LogP contribution is -2.20. The number of rotatable bonds is 7. The van der Waals surface area contributed by atoms with Crippen LogP contribution in [0.5, 0.6) is 11.5 Å². The van der Waals surface area contributed by atoms with Crippen LogP contribution in [0.15, 0.2) is 54.6 Å². The van der Waals surface area contributed by atoms with E-state index in [9.17, 15) is 14.3 Å². The van der Waals surface area contributed by atoms with Crippen LogP contribution in [0.1, 0.15) is 69.2 Å². The van der Waals surface area contributed by atoms with Crippen molar-refractivity contribution in [3.63, 3.8) is 0 Å². The summed E-state index contributed by atoms with van der Waals surface area (Å²) in [7, 11) is 1.58. The van der Waals surface area contributed by atoms with Gasteiger partial charge in [-0.05, 0) is 75.4 Å². The lowest BCUT2D eigenvalue weighted by atomic mass is 9.78. The van der Waals surface area contributed by atoms with Crippen molar-refractivity contribution in [3.05, 3.63) is 82.7 Å². The fourth-order valence-corrected chi connectivity index (χ4v) is 5.29. The summed E-state index contributed by atoms with van der Waals surface area (Å²) in [6.45, 7) is 10.9. The predicted molar refractivity (Wildman–Crippen MR) is 140 cm³/mol. The average molecular weight is 491 g/mol. The Labute approximate surface area is 213 Å². The van der Waals surface area contributed by atoms with Gasteiger partial charge < -0.3 is 14.6 Å². The van der Waals surface area contributed by atoms with Crippen molar-refractivity contribution in [1.29, 1.82) is 0 Å². The number of hydrogen-bond acceptors (Lipinski definition) is 3. The Hall–Kier alpha value is -3.34. The topological polar surface area (TPSA) is 55.8 Å². The Bertz CT molecular complexity index is 1290. The summed E-state index contributed by atoms with van der Waals surface area (Å²) in [6.07, 6.45) is 0.971. The molecule has 4 nitrogen and oxygen atoms in total. The van der Waals surface area contributed by atoms with E-state index in [4.69, 9.17) is 9.47 Å². The van der Waals surface area contributed by atoms with Crippen LogP contribution in [-0.4, -0.2) is 18.2 Å². The number of methoxy groups -OCH3 is 1. The second kappa shape index (κ2) is 9.61. The van der Waals surface area contributed by atoms with Crippen molar-refractivity contribution in [3.8, 4) is 22.6 Å². The number of carboxylic acid groups (broad SMARTS) is 1. The van der Waals surface area contributed by atoms with E-state index in [0.717, 1.165) is 34.4 Å². The molecule has 0 aliphatic heterocycles. The first-order chi connectivity index (χ1) is 16.9. The number of carboxylic acids is 1. The fourth-order valence-electron chi connectivity index (χ4n) is 5.29. The van der Waals surface area contributed by atoms with Gasteiger partial charge in [0.05, 0.1) is 13.5 Å². The van der Waals surface area contributed by atoms with Gasteiger partial charge in [0.15, 0.2) is 0 Å². The van der Waals surface area contributed by atoms with Crippen LogP contribution < -0.4 is 9.47 Å². The van der Waals surface area contributed by atoms with Crippen molar-refractivity contribution in [2.24, 2.45) is 5.41 Å². The number of ether oxygens (including phenoxy) is 2. The Morgan fingerprint density at radius 1 is 1.03 bits per heavy atom. The zero-order chi connectivity index (χ0) is 26.3. The summed E-state index contributed by atoms with van der Waals surface area (Å²) in [6, 6.07) is 16.8. The molecule has 3 aromatic carbocycles. The molecule has 4 rings (SSSR count). The minimum absolute atomic E-state index is 0.0434. The van der Waals surface area contributed by atoms with Gasteiger partial charge in [0.25, 0.3) is 0 Å². The molecule has 1 aliphatic rings. The van der Waals surface area contributed by atoms with Gasteiger partial charge in [-0.1, -0.05) is 58.9 Å². The second-order valence-corrected chi connectivity index (χ2v) is 11.4. The monoisotopic (exact) mass is 490 g/mol. The van der Waals surface area contributed by atoms with E-state index in [1.807, 2.05) is 24.3 Å². The van der Waals surface area contributed by atoms with E-state index in [1.165, 1.54) is 11.6 Å². The van der Waals surface area contributed by atoms with Gasteiger partial charge in [0.1, 0.15) is 23.9 Å². The van der Waals surface area contributed by atoms with Crippen LogP contribution in [0, 0.1) is 11.2 Å². The summed E-state index contributed by atoms with van der Waals surface area (Å²) in [5, 5.41) is 9.43. The van der Waals surface area contributed by atoms with Crippen LogP contribution >= 0.6 is 0 Å². The standard InChI is InChI=1S/C31H35FO4/c1-30(2,3)26-13-19(7-11-23(26)25-14-21(35-6)10-12-28(25)32)18-36-22-9-8-20-17-31(4,5)27(16-29(33)34)24(20)15-22/h7-15,27H,16-18H2,1-6H3,(H,33,34)/t27-/m0/s1. The normalized spacial score (nSPS) is 16.5. The summed E-state index contributed by atoms with van der Waals surface area (Å²) < 4.78 is 26.3. The molecule has 1 N–H and O–H groups in total. The molecule has 3 aromatic rings. The van der Waals surface area contributed by atoms with Crippen molar-refractivity contribution < 1.29 is 23.8 Å². The van der Waals surface area contributed by atoms with E-state index in [2.05, 4.69) is 46.8 Å². The third-order valence-corrected chi connectivity index (χ3v) is 7.22. The average Bonchev–Trinajstić information content (AvgIpc) is 3.06. The molecule has 0 bridgehead atoms. The minimum atomic E-state index is -0.783. The zero-order valence-corrected chi connectivity index (χ0v) is 21.9. The molecule has 0 amide bonds. The molecule has 0 heterocycles. The van der Waals surface area contributed by atoms with E-state index < -0.39 is 5.97 Å². The summed E-state index contributed by atoms with van der Waals surface area (Å²) in [5.41, 5.74) is 5.28. The zero-order valence-electron chi connectivity index (χ0n) is 21.9. The highest BCUT2D eigenvalue weighted by Crippen LogP contribution is 2.49. The smallest absolute Gasteiger partial charge is 0.303 e. The maximum Gasteiger partial charge on any atom is 0.303 e. The Balaban J connectivity index is 1.61. The van der Waals surface area contributed by atoms with Crippen LogP contribution in [0.4, 0.5) is 4.39 Å². The van der Waals surface area contributed by atoms with Gasteiger partial charge in [-0.3, -0.25) is 4.79 Å². The highest BCUT2D eigenvalue weighted by molar-refractivity contribution is 5.71. The maximum atomic E-state index is 14.8. The van der Waals surface area contributed by atoms with Crippen LogP contribution in [0.2, 0.25) is 0 Å². The molecule has 5 heteroatoms. The van der Waals surface area contributed by atoms with E-state index in [0.29, 0.717) is 17.9 Å². The Morgan fingerprint density at radius 3 is 2.42 bits per heavy atom. The quantitative estimate of drug-likeness (QED) is 0.372. The molecule has 0 saturated carbocycles. The van der Waals surface area contributed by atoms with E-state index in [-0.39, 0.29) is 29.0 Å². The largest absolute Gasteiger partial charge is 0.497 e. The Morgan fingerprint density at radius 2 is 1.75 bits per heavy atom. The molecule has 1 aliphatic carbocycles.